The lowest BCUT2D eigenvalue weighted by molar-refractivity contribution is 0.0960. The largest absolute Gasteiger partial charge is 0.496 e. The third-order valence-electron chi connectivity index (χ3n) is 4.20. The van der Waals surface area contributed by atoms with Crippen molar-refractivity contribution in [1.29, 1.82) is 0 Å². The Balaban J connectivity index is 1.92. The third-order valence-corrected chi connectivity index (χ3v) is 4.20. The van der Waals surface area contributed by atoms with Crippen molar-refractivity contribution in [3.63, 3.8) is 0 Å². The topological polar surface area (TPSA) is 76.1 Å². The van der Waals surface area contributed by atoms with Gasteiger partial charge in [0, 0.05) is 18.7 Å². The molecule has 2 heterocycles. The first-order chi connectivity index (χ1) is 10.1. The van der Waals surface area contributed by atoms with Crippen LogP contribution in [0.15, 0.2) is 12.1 Å². The molecule has 0 radical (unpaired) electrons. The number of rotatable bonds is 2. The van der Waals surface area contributed by atoms with Gasteiger partial charge in [0.1, 0.15) is 11.5 Å². The van der Waals surface area contributed by atoms with Crippen molar-refractivity contribution in [3.8, 4) is 11.5 Å². The molecule has 21 heavy (non-hydrogen) atoms. The van der Waals surface area contributed by atoms with E-state index in [4.69, 9.17) is 14.6 Å². The monoisotopic (exact) mass is 291 g/mol. The van der Waals surface area contributed by atoms with Gasteiger partial charge in [-0.05, 0) is 30.9 Å². The zero-order chi connectivity index (χ0) is 15.0. The van der Waals surface area contributed by atoms with Gasteiger partial charge in [-0.3, -0.25) is 4.79 Å². The second kappa shape index (κ2) is 5.27. The third kappa shape index (κ3) is 2.30. The van der Waals surface area contributed by atoms with Crippen molar-refractivity contribution in [2.24, 2.45) is 0 Å². The Morgan fingerprint density at radius 3 is 2.71 bits per heavy atom. The fraction of sp³-hybridized carbons (Fsp3) is 0.467. The van der Waals surface area contributed by atoms with E-state index in [1.165, 1.54) is 4.90 Å². The van der Waals surface area contributed by atoms with Crippen molar-refractivity contribution in [2.75, 3.05) is 26.8 Å². The molecule has 0 aliphatic carbocycles. The predicted octanol–water partition coefficient (Wildman–Crippen LogP) is 2.13. The molecule has 1 fully saturated rings. The molecule has 0 saturated carbocycles. The maximum Gasteiger partial charge on any atom is 0.407 e. The molecule has 1 N–H and O–H groups in total. The molecule has 1 amide bonds. The number of carbonyl (C=O) groups excluding carboxylic acids is 1. The van der Waals surface area contributed by atoms with E-state index in [0.29, 0.717) is 43.0 Å². The minimum absolute atomic E-state index is 0.0168. The standard InChI is InChI=1S/C15H17NO5/c1-20-12-3-2-10-11(17)8-21-14(10)13(12)9-4-6-16(7-5-9)15(18)19/h2-3,9H,4-8H2,1H3,(H,18,19). The molecule has 6 nitrogen and oxygen atoms in total. The van der Waals surface area contributed by atoms with Crippen molar-refractivity contribution < 1.29 is 24.2 Å². The molecule has 2 aliphatic rings. The van der Waals surface area contributed by atoms with E-state index in [2.05, 4.69) is 0 Å². The van der Waals surface area contributed by atoms with Crippen LogP contribution in [0.1, 0.15) is 34.7 Å². The summed E-state index contributed by atoms with van der Waals surface area (Å²) in [5.41, 5.74) is 1.51. The molecule has 2 aliphatic heterocycles. The average Bonchev–Trinajstić information content (AvgIpc) is 2.88. The first kappa shape index (κ1) is 13.7. The number of likely N-dealkylation sites (tertiary alicyclic amines) is 1. The first-order valence-corrected chi connectivity index (χ1v) is 6.96. The summed E-state index contributed by atoms with van der Waals surface area (Å²) in [5, 5.41) is 9.02. The lowest BCUT2D eigenvalue weighted by Crippen LogP contribution is -2.36. The van der Waals surface area contributed by atoms with Gasteiger partial charge in [0.15, 0.2) is 6.61 Å². The number of ketones is 1. The highest BCUT2D eigenvalue weighted by Gasteiger charge is 2.33. The number of carboxylic acid groups (broad SMARTS) is 1. The summed E-state index contributed by atoms with van der Waals surface area (Å²) in [6.45, 7) is 1.05. The van der Waals surface area contributed by atoms with Crippen molar-refractivity contribution in [2.45, 2.75) is 18.8 Å². The minimum atomic E-state index is -0.884. The quantitative estimate of drug-likeness (QED) is 0.903. The molecule has 6 heteroatoms. The predicted molar refractivity (Wildman–Crippen MR) is 74.4 cm³/mol. The van der Waals surface area contributed by atoms with E-state index in [1.54, 1.807) is 19.2 Å². The second-order valence-electron chi connectivity index (χ2n) is 5.31. The molecule has 0 aromatic heterocycles. The number of hydrogen-bond donors (Lipinski definition) is 1. The van der Waals surface area contributed by atoms with Gasteiger partial charge in [0.25, 0.3) is 0 Å². The Hall–Kier alpha value is -2.24. The van der Waals surface area contributed by atoms with Gasteiger partial charge in [-0.15, -0.1) is 0 Å². The summed E-state index contributed by atoms with van der Waals surface area (Å²) in [5.74, 6) is 1.46. The van der Waals surface area contributed by atoms with Crippen LogP contribution in [-0.2, 0) is 0 Å². The Kier molecular flexibility index (Phi) is 3.45. The van der Waals surface area contributed by atoms with Crippen LogP contribution in [0, 0.1) is 0 Å². The van der Waals surface area contributed by atoms with Gasteiger partial charge in [0.2, 0.25) is 5.78 Å². The summed E-state index contributed by atoms with van der Waals surface area (Å²) in [6, 6.07) is 3.53. The van der Waals surface area contributed by atoms with E-state index < -0.39 is 6.09 Å². The number of nitrogens with zero attached hydrogens (tertiary/aromatic N) is 1. The Morgan fingerprint density at radius 2 is 2.10 bits per heavy atom. The van der Waals surface area contributed by atoms with Gasteiger partial charge < -0.3 is 19.5 Å². The molecule has 1 aromatic rings. The molecule has 0 bridgehead atoms. The number of ether oxygens (including phenoxy) is 2. The molecule has 0 spiro atoms. The fourth-order valence-electron chi connectivity index (χ4n) is 3.10. The lowest BCUT2D eigenvalue weighted by atomic mass is 9.87. The molecule has 0 atom stereocenters. The number of carbonyl (C=O) groups is 2. The summed E-state index contributed by atoms with van der Waals surface area (Å²) in [4.78, 5) is 24.2. The molecule has 1 aromatic carbocycles. The smallest absolute Gasteiger partial charge is 0.407 e. The van der Waals surface area contributed by atoms with Crippen LogP contribution in [0.4, 0.5) is 4.79 Å². The maximum atomic E-state index is 11.8. The Morgan fingerprint density at radius 1 is 1.38 bits per heavy atom. The van der Waals surface area contributed by atoms with Gasteiger partial charge >= 0.3 is 6.09 Å². The van der Waals surface area contributed by atoms with Crippen LogP contribution in [0.25, 0.3) is 0 Å². The first-order valence-electron chi connectivity index (χ1n) is 6.96. The number of benzene rings is 1. The number of methoxy groups -OCH3 is 1. The van der Waals surface area contributed by atoms with Gasteiger partial charge in [-0.2, -0.15) is 0 Å². The van der Waals surface area contributed by atoms with E-state index in [9.17, 15) is 9.59 Å². The number of Topliss-reactive ketones (excluding diaryl/α,β-unsaturated/α-hetero) is 1. The number of amides is 1. The van der Waals surface area contributed by atoms with Gasteiger partial charge in [-0.1, -0.05) is 0 Å². The highest BCUT2D eigenvalue weighted by atomic mass is 16.5. The average molecular weight is 291 g/mol. The van der Waals surface area contributed by atoms with Crippen LogP contribution >= 0.6 is 0 Å². The number of fused-ring (bicyclic) bond motifs is 1. The highest BCUT2D eigenvalue weighted by Crippen LogP contribution is 2.44. The molecular weight excluding hydrogens is 274 g/mol. The van der Waals surface area contributed by atoms with Crippen LogP contribution in [0.3, 0.4) is 0 Å². The van der Waals surface area contributed by atoms with E-state index in [1.807, 2.05) is 0 Å². The molecular formula is C15H17NO5. The summed E-state index contributed by atoms with van der Waals surface area (Å²) < 4.78 is 11.0. The van der Waals surface area contributed by atoms with E-state index >= 15 is 0 Å². The van der Waals surface area contributed by atoms with Crippen LogP contribution in [-0.4, -0.2) is 48.7 Å². The SMILES string of the molecule is COc1ccc2c(c1C1CCN(C(=O)O)CC1)OCC2=O. The van der Waals surface area contributed by atoms with Gasteiger partial charge in [0.05, 0.1) is 12.7 Å². The fourth-order valence-corrected chi connectivity index (χ4v) is 3.10. The molecule has 3 rings (SSSR count). The van der Waals surface area contributed by atoms with Crippen molar-refractivity contribution >= 4 is 11.9 Å². The van der Waals surface area contributed by atoms with E-state index in [-0.39, 0.29) is 18.3 Å². The molecule has 0 unspecified atom stereocenters. The Bertz CT molecular complexity index is 590. The summed E-state index contributed by atoms with van der Waals surface area (Å²) >= 11 is 0. The Labute approximate surface area is 122 Å². The van der Waals surface area contributed by atoms with Crippen molar-refractivity contribution in [3.05, 3.63) is 23.3 Å². The number of hydrogen-bond acceptors (Lipinski definition) is 4. The van der Waals surface area contributed by atoms with Crippen LogP contribution < -0.4 is 9.47 Å². The van der Waals surface area contributed by atoms with Crippen LogP contribution in [0.2, 0.25) is 0 Å². The van der Waals surface area contributed by atoms with Crippen LogP contribution in [0.5, 0.6) is 11.5 Å². The summed E-state index contributed by atoms with van der Waals surface area (Å²) in [7, 11) is 1.59. The highest BCUT2D eigenvalue weighted by molar-refractivity contribution is 6.03. The van der Waals surface area contributed by atoms with Crippen molar-refractivity contribution in [1.82, 2.24) is 4.90 Å². The molecule has 1 saturated heterocycles. The summed E-state index contributed by atoms with van der Waals surface area (Å²) in [6.07, 6.45) is 0.526. The minimum Gasteiger partial charge on any atom is -0.496 e. The van der Waals surface area contributed by atoms with Gasteiger partial charge in [-0.25, -0.2) is 4.79 Å². The second-order valence-corrected chi connectivity index (χ2v) is 5.31. The van der Waals surface area contributed by atoms with E-state index in [0.717, 1.165) is 5.56 Å². The normalized spacial score (nSPS) is 18.3. The zero-order valence-electron chi connectivity index (χ0n) is 11.8. The molecule has 112 valence electrons. The lowest BCUT2D eigenvalue weighted by Gasteiger charge is -2.31. The number of piperidine rings is 1. The maximum absolute atomic E-state index is 11.8. The zero-order valence-corrected chi connectivity index (χ0v) is 11.8.